The van der Waals surface area contributed by atoms with Crippen LogP contribution in [0, 0.1) is 0 Å². The number of halogens is 6. The minimum Gasteiger partial charge on any atom is -0.378 e. The van der Waals surface area contributed by atoms with Gasteiger partial charge in [0.05, 0.1) is 0 Å². The van der Waals surface area contributed by atoms with Gasteiger partial charge in [-0.2, -0.15) is 26.3 Å². The van der Waals surface area contributed by atoms with E-state index in [0.29, 0.717) is 0 Å². The molecule has 0 aromatic rings. The Morgan fingerprint density at radius 3 is 0.857 bits per heavy atom. The van der Waals surface area contributed by atoms with Crippen molar-refractivity contribution in [3.8, 4) is 0 Å². The van der Waals surface area contributed by atoms with Crippen LogP contribution < -0.4 is 0 Å². The third-order valence-corrected chi connectivity index (χ3v) is 2.05. The van der Waals surface area contributed by atoms with Gasteiger partial charge in [0.25, 0.3) is 0 Å². The van der Waals surface area contributed by atoms with E-state index in [0.717, 1.165) is 0 Å². The summed E-state index contributed by atoms with van der Waals surface area (Å²) in [5, 5.41) is 17.2. The summed E-state index contributed by atoms with van der Waals surface area (Å²) >= 11 is 0. The Labute approximate surface area is 75.1 Å². The molecule has 2 N–H and O–H groups in total. The molecule has 8 heteroatoms. The van der Waals surface area contributed by atoms with E-state index in [9.17, 15) is 26.3 Å². The first-order valence-electron chi connectivity index (χ1n) is 3.33. The molecule has 0 saturated carbocycles. The molecule has 0 radical (unpaired) electrons. The minimum absolute atomic E-state index is 0.138. The summed E-state index contributed by atoms with van der Waals surface area (Å²) in [7, 11) is 0. The molecule has 2 nitrogen and oxygen atoms in total. The second-order valence-electron chi connectivity index (χ2n) is 3.14. The van der Waals surface area contributed by atoms with E-state index in [-0.39, 0.29) is 13.8 Å². The third kappa shape index (κ3) is 1.81. The van der Waals surface area contributed by atoms with Gasteiger partial charge in [-0.1, -0.05) is 0 Å². The van der Waals surface area contributed by atoms with E-state index in [1.807, 2.05) is 0 Å². The van der Waals surface area contributed by atoms with Crippen molar-refractivity contribution in [2.45, 2.75) is 37.4 Å². The molecule has 0 aromatic carbocycles. The van der Waals surface area contributed by atoms with Gasteiger partial charge < -0.3 is 10.2 Å². The van der Waals surface area contributed by atoms with Crippen LogP contribution in [0.3, 0.4) is 0 Å². The fraction of sp³-hybridized carbons (Fsp3) is 1.00. The molecule has 0 bridgehead atoms. The van der Waals surface area contributed by atoms with Crippen LogP contribution in [0.5, 0.6) is 0 Å². The van der Waals surface area contributed by atoms with E-state index >= 15 is 0 Å². The maximum atomic E-state index is 11.9. The molecule has 2 atom stereocenters. The van der Waals surface area contributed by atoms with Crippen molar-refractivity contribution in [1.29, 1.82) is 0 Å². The van der Waals surface area contributed by atoms with Crippen LogP contribution in [0.15, 0.2) is 0 Å². The largest absolute Gasteiger partial charge is 0.420 e. The zero-order valence-corrected chi connectivity index (χ0v) is 7.16. The van der Waals surface area contributed by atoms with Crippen molar-refractivity contribution in [3.05, 3.63) is 0 Å². The average molecular weight is 226 g/mol. The summed E-state index contributed by atoms with van der Waals surface area (Å²) in [6.07, 6.45) is -11.2. The first-order valence-corrected chi connectivity index (χ1v) is 3.33. The highest BCUT2D eigenvalue weighted by atomic mass is 19.4. The van der Waals surface area contributed by atoms with E-state index < -0.39 is 23.6 Å². The fourth-order valence-corrected chi connectivity index (χ4v) is 0.552. The third-order valence-electron chi connectivity index (χ3n) is 2.05. The molecule has 0 saturated heterocycles. The SMILES string of the molecule is CC(O)(C(F)(F)F)C(C)(O)C(F)(F)F. The minimum atomic E-state index is -5.58. The molecule has 0 fully saturated rings. The van der Waals surface area contributed by atoms with Gasteiger partial charge in [-0.3, -0.25) is 0 Å². The molecule has 0 rings (SSSR count). The van der Waals surface area contributed by atoms with E-state index in [1.165, 1.54) is 0 Å². The van der Waals surface area contributed by atoms with Crippen molar-refractivity contribution in [2.75, 3.05) is 0 Å². The van der Waals surface area contributed by atoms with Crippen LogP contribution in [0.25, 0.3) is 0 Å². The molecule has 14 heavy (non-hydrogen) atoms. The zero-order chi connectivity index (χ0) is 12.0. The van der Waals surface area contributed by atoms with Crippen LogP contribution >= 0.6 is 0 Å². The summed E-state index contributed by atoms with van der Waals surface area (Å²) in [5.74, 6) is 0. The predicted molar refractivity (Wildman–Crippen MR) is 33.4 cm³/mol. The molecule has 0 aromatic heterocycles. The topological polar surface area (TPSA) is 40.5 Å². The molecular formula is C6H8F6O2. The molecule has 0 spiro atoms. The van der Waals surface area contributed by atoms with Gasteiger partial charge in [-0.05, 0) is 13.8 Å². The summed E-state index contributed by atoms with van der Waals surface area (Å²) in [6, 6.07) is 0. The first kappa shape index (κ1) is 13.5. The Morgan fingerprint density at radius 1 is 0.643 bits per heavy atom. The number of aliphatic hydroxyl groups is 2. The Bertz CT molecular complexity index is 189. The van der Waals surface area contributed by atoms with E-state index in [2.05, 4.69) is 0 Å². The van der Waals surface area contributed by atoms with Crippen molar-refractivity contribution in [2.24, 2.45) is 0 Å². The van der Waals surface area contributed by atoms with Crippen molar-refractivity contribution in [1.82, 2.24) is 0 Å². The normalized spacial score (nSPS) is 22.7. The van der Waals surface area contributed by atoms with Gasteiger partial charge in [0.15, 0.2) is 11.2 Å². The molecule has 0 amide bonds. The van der Waals surface area contributed by atoms with Crippen LogP contribution in [-0.4, -0.2) is 33.8 Å². The molecule has 0 aliphatic rings. The van der Waals surface area contributed by atoms with Crippen LogP contribution in [0.2, 0.25) is 0 Å². The molecular weight excluding hydrogens is 218 g/mol. The zero-order valence-electron chi connectivity index (χ0n) is 7.16. The van der Waals surface area contributed by atoms with Gasteiger partial charge in [0.1, 0.15) is 0 Å². The van der Waals surface area contributed by atoms with Gasteiger partial charge >= 0.3 is 12.4 Å². The smallest absolute Gasteiger partial charge is 0.378 e. The summed E-state index contributed by atoms with van der Waals surface area (Å²) in [6.45, 7) is -0.277. The monoisotopic (exact) mass is 226 g/mol. The Hall–Kier alpha value is -0.500. The molecule has 2 unspecified atom stereocenters. The number of hydrogen-bond donors (Lipinski definition) is 2. The summed E-state index contributed by atoms with van der Waals surface area (Å²) in [4.78, 5) is 0. The summed E-state index contributed by atoms with van der Waals surface area (Å²) in [5.41, 5.74) is -8.50. The van der Waals surface area contributed by atoms with Gasteiger partial charge in [0.2, 0.25) is 0 Å². The van der Waals surface area contributed by atoms with E-state index in [1.54, 1.807) is 0 Å². The lowest BCUT2D eigenvalue weighted by Crippen LogP contribution is -2.66. The molecule has 0 heterocycles. The van der Waals surface area contributed by atoms with E-state index in [4.69, 9.17) is 10.2 Å². The number of alkyl halides is 6. The Morgan fingerprint density at radius 2 is 0.786 bits per heavy atom. The second kappa shape index (κ2) is 2.99. The lowest BCUT2D eigenvalue weighted by molar-refractivity contribution is -0.373. The highest BCUT2D eigenvalue weighted by Crippen LogP contribution is 2.46. The highest BCUT2D eigenvalue weighted by Gasteiger charge is 2.71. The van der Waals surface area contributed by atoms with Crippen molar-refractivity contribution >= 4 is 0 Å². The maximum absolute atomic E-state index is 11.9. The van der Waals surface area contributed by atoms with Crippen LogP contribution in [-0.2, 0) is 0 Å². The number of hydrogen-bond acceptors (Lipinski definition) is 2. The van der Waals surface area contributed by atoms with Gasteiger partial charge in [-0.15, -0.1) is 0 Å². The first-order chi connectivity index (χ1) is 5.75. The van der Waals surface area contributed by atoms with Gasteiger partial charge in [-0.25, -0.2) is 0 Å². The molecule has 86 valence electrons. The maximum Gasteiger partial charge on any atom is 0.420 e. The van der Waals surface area contributed by atoms with Crippen LogP contribution in [0.4, 0.5) is 26.3 Å². The lowest BCUT2D eigenvalue weighted by atomic mass is 9.84. The fourth-order valence-electron chi connectivity index (χ4n) is 0.552. The molecule has 0 aliphatic carbocycles. The predicted octanol–water partition coefficient (Wildman–Crippen LogP) is 1.61. The Kier molecular flexibility index (Phi) is 2.89. The van der Waals surface area contributed by atoms with Crippen LogP contribution in [0.1, 0.15) is 13.8 Å². The van der Waals surface area contributed by atoms with Gasteiger partial charge in [0, 0.05) is 0 Å². The summed E-state index contributed by atoms with van der Waals surface area (Å²) < 4.78 is 71.7. The quantitative estimate of drug-likeness (QED) is 0.667. The van der Waals surface area contributed by atoms with Crippen molar-refractivity contribution < 1.29 is 36.6 Å². The average Bonchev–Trinajstić information content (AvgIpc) is 1.81. The number of rotatable bonds is 1. The lowest BCUT2D eigenvalue weighted by Gasteiger charge is -2.40. The Balaban J connectivity index is 5.30. The van der Waals surface area contributed by atoms with Crippen molar-refractivity contribution in [3.63, 3.8) is 0 Å². The standard InChI is InChI=1S/C6H8F6O2/c1-3(13,5(7,8)9)4(2,14)6(10,11)12/h13-14H,1-2H3. The molecule has 0 aliphatic heterocycles. The highest BCUT2D eigenvalue weighted by molar-refractivity contribution is 5.03. The second-order valence-corrected chi connectivity index (χ2v) is 3.14.